The lowest BCUT2D eigenvalue weighted by Gasteiger charge is -2.26. The predicted octanol–water partition coefficient (Wildman–Crippen LogP) is 1.98. The van der Waals surface area contributed by atoms with Gasteiger partial charge in [-0.25, -0.2) is 0 Å². The Bertz CT molecular complexity index is 740. The Labute approximate surface area is 117 Å². The highest BCUT2D eigenvalue weighted by Crippen LogP contribution is 2.38. The van der Waals surface area contributed by atoms with Gasteiger partial charge in [0.15, 0.2) is 0 Å². The molecule has 1 aliphatic heterocycles. The molecule has 0 fully saturated rings. The van der Waals surface area contributed by atoms with E-state index in [1.165, 1.54) is 6.20 Å². The van der Waals surface area contributed by atoms with Crippen LogP contribution < -0.4 is 16.4 Å². The van der Waals surface area contributed by atoms with Crippen molar-refractivity contribution in [2.45, 2.75) is 10.9 Å². The molecule has 0 saturated carbocycles. The molecule has 5 nitrogen and oxygen atoms in total. The fraction of sp³-hybridized carbons (Fsp3) is 0.167. The van der Waals surface area contributed by atoms with Crippen LogP contribution in [0.15, 0.2) is 38.9 Å². The Kier molecular flexibility index (Phi) is 3.12. The van der Waals surface area contributed by atoms with Gasteiger partial charge in [0.2, 0.25) is 0 Å². The standard InChI is InChI=1S/C12H10ClN3O2S/c13-6-1-2-7-10(3-6)19-5-9(15-7)8-4-14-11(17)12(18)16-8/h1-4,9,15H,5H2,(H,14,17)(H,16,18). The van der Waals surface area contributed by atoms with Crippen molar-refractivity contribution in [3.63, 3.8) is 0 Å². The zero-order valence-electron chi connectivity index (χ0n) is 9.70. The van der Waals surface area contributed by atoms with Gasteiger partial charge in [0.05, 0.1) is 11.7 Å². The van der Waals surface area contributed by atoms with Crippen LogP contribution in [0.2, 0.25) is 5.02 Å². The number of aromatic nitrogens is 2. The molecule has 2 aromatic rings. The highest BCUT2D eigenvalue weighted by molar-refractivity contribution is 7.99. The minimum absolute atomic E-state index is 0.0526. The number of halogens is 1. The molecule has 0 radical (unpaired) electrons. The summed E-state index contributed by atoms with van der Waals surface area (Å²) in [5.74, 6) is 0.745. The summed E-state index contributed by atoms with van der Waals surface area (Å²) in [6.07, 6.45) is 1.53. The lowest BCUT2D eigenvalue weighted by atomic mass is 10.2. The number of hydrogen-bond acceptors (Lipinski definition) is 4. The van der Waals surface area contributed by atoms with Gasteiger partial charge in [-0.2, -0.15) is 0 Å². The van der Waals surface area contributed by atoms with Gasteiger partial charge in [0.25, 0.3) is 0 Å². The molecule has 3 rings (SSSR count). The molecule has 3 N–H and O–H groups in total. The molecule has 1 aromatic carbocycles. The number of hydrogen-bond donors (Lipinski definition) is 3. The van der Waals surface area contributed by atoms with Crippen LogP contribution in [-0.2, 0) is 0 Å². The Balaban J connectivity index is 1.93. The number of aromatic amines is 2. The molecule has 0 aliphatic carbocycles. The molecule has 0 spiro atoms. The quantitative estimate of drug-likeness (QED) is 0.703. The van der Waals surface area contributed by atoms with Crippen LogP contribution in [0, 0.1) is 0 Å². The first-order chi connectivity index (χ1) is 9.13. The van der Waals surface area contributed by atoms with Gasteiger partial charge in [-0.05, 0) is 18.2 Å². The van der Waals surface area contributed by atoms with E-state index in [0.717, 1.165) is 16.3 Å². The van der Waals surface area contributed by atoms with Crippen molar-refractivity contribution in [2.75, 3.05) is 11.1 Å². The number of H-pyrrole nitrogens is 2. The van der Waals surface area contributed by atoms with Crippen LogP contribution in [0.3, 0.4) is 0 Å². The zero-order valence-corrected chi connectivity index (χ0v) is 11.3. The number of rotatable bonds is 1. The summed E-state index contributed by atoms with van der Waals surface area (Å²) in [5, 5.41) is 4.01. The molecule has 0 bridgehead atoms. The van der Waals surface area contributed by atoms with E-state index < -0.39 is 11.1 Å². The molecule has 1 aromatic heterocycles. The lowest BCUT2D eigenvalue weighted by Crippen LogP contribution is -2.32. The first-order valence-corrected chi connectivity index (χ1v) is 7.00. The van der Waals surface area contributed by atoms with Gasteiger partial charge >= 0.3 is 11.1 Å². The molecule has 1 atom stereocenters. The Hall–Kier alpha value is -1.66. The summed E-state index contributed by atoms with van der Waals surface area (Å²) in [5.41, 5.74) is 0.362. The van der Waals surface area contributed by atoms with Crippen molar-refractivity contribution in [1.29, 1.82) is 0 Å². The van der Waals surface area contributed by atoms with E-state index in [1.54, 1.807) is 11.8 Å². The number of thioether (sulfide) groups is 1. The van der Waals surface area contributed by atoms with Gasteiger partial charge < -0.3 is 15.3 Å². The van der Waals surface area contributed by atoms with E-state index in [9.17, 15) is 9.59 Å². The molecule has 2 heterocycles. The van der Waals surface area contributed by atoms with E-state index in [-0.39, 0.29) is 6.04 Å². The average molecular weight is 296 g/mol. The summed E-state index contributed by atoms with van der Waals surface area (Å²) in [4.78, 5) is 28.5. The monoisotopic (exact) mass is 295 g/mol. The van der Waals surface area contributed by atoms with E-state index in [4.69, 9.17) is 11.6 Å². The average Bonchev–Trinajstić information content (AvgIpc) is 2.41. The number of anilines is 1. The Morgan fingerprint density at radius 2 is 2.11 bits per heavy atom. The largest absolute Gasteiger partial charge is 0.375 e. The van der Waals surface area contributed by atoms with Gasteiger partial charge in [-0.15, -0.1) is 11.8 Å². The second-order valence-electron chi connectivity index (χ2n) is 4.18. The Morgan fingerprint density at radius 1 is 1.26 bits per heavy atom. The smallest absolute Gasteiger partial charge is 0.313 e. The third-order valence-electron chi connectivity index (χ3n) is 2.88. The van der Waals surface area contributed by atoms with Gasteiger partial charge in [0.1, 0.15) is 0 Å². The highest BCUT2D eigenvalue weighted by atomic mass is 35.5. The van der Waals surface area contributed by atoms with Crippen molar-refractivity contribution < 1.29 is 0 Å². The molecule has 0 amide bonds. The van der Waals surface area contributed by atoms with E-state index in [2.05, 4.69) is 15.3 Å². The molecule has 98 valence electrons. The minimum atomic E-state index is -0.639. The fourth-order valence-electron chi connectivity index (χ4n) is 1.93. The summed E-state index contributed by atoms with van der Waals surface area (Å²) in [7, 11) is 0. The molecule has 0 saturated heterocycles. The van der Waals surface area contributed by atoms with Crippen molar-refractivity contribution in [3.8, 4) is 0 Å². The SMILES string of the molecule is O=c1[nH]cc(C2CSc3cc(Cl)ccc3N2)[nH]c1=O. The van der Waals surface area contributed by atoms with Gasteiger partial charge in [-0.3, -0.25) is 9.59 Å². The zero-order chi connectivity index (χ0) is 13.4. The minimum Gasteiger partial charge on any atom is -0.375 e. The number of nitrogens with one attached hydrogen (secondary N) is 3. The van der Waals surface area contributed by atoms with Crippen LogP contribution in [0.5, 0.6) is 0 Å². The first-order valence-electron chi connectivity index (χ1n) is 5.64. The number of fused-ring (bicyclic) bond motifs is 1. The van der Waals surface area contributed by atoms with Crippen LogP contribution >= 0.6 is 23.4 Å². The summed E-state index contributed by atoms with van der Waals surface area (Å²) >= 11 is 7.59. The topological polar surface area (TPSA) is 77.8 Å². The first kappa shape index (κ1) is 12.4. The molecule has 1 unspecified atom stereocenters. The molecule has 19 heavy (non-hydrogen) atoms. The van der Waals surface area contributed by atoms with Crippen molar-refractivity contribution in [2.24, 2.45) is 0 Å². The maximum atomic E-state index is 11.3. The number of benzene rings is 1. The summed E-state index contributed by atoms with van der Waals surface area (Å²) in [6.45, 7) is 0. The second-order valence-corrected chi connectivity index (χ2v) is 5.67. The third kappa shape index (κ3) is 2.41. The molecule has 1 aliphatic rings. The van der Waals surface area contributed by atoms with Crippen LogP contribution in [-0.4, -0.2) is 15.7 Å². The molecular weight excluding hydrogens is 286 g/mol. The maximum Gasteiger partial charge on any atom is 0.313 e. The summed E-state index contributed by atoms with van der Waals surface area (Å²) in [6, 6.07) is 5.57. The molecule has 7 heteroatoms. The van der Waals surface area contributed by atoms with Gasteiger partial charge in [-0.1, -0.05) is 11.6 Å². The van der Waals surface area contributed by atoms with Crippen molar-refractivity contribution in [1.82, 2.24) is 9.97 Å². The molecular formula is C12H10ClN3O2S. The van der Waals surface area contributed by atoms with Crippen LogP contribution in [0.4, 0.5) is 5.69 Å². The van der Waals surface area contributed by atoms with Crippen LogP contribution in [0.25, 0.3) is 0 Å². The van der Waals surface area contributed by atoms with E-state index in [1.807, 2.05) is 18.2 Å². The Morgan fingerprint density at radius 3 is 2.89 bits per heavy atom. The predicted molar refractivity (Wildman–Crippen MR) is 76.2 cm³/mol. The maximum absolute atomic E-state index is 11.3. The lowest BCUT2D eigenvalue weighted by molar-refractivity contribution is 0.811. The van der Waals surface area contributed by atoms with Crippen molar-refractivity contribution >= 4 is 29.1 Å². The van der Waals surface area contributed by atoms with Crippen molar-refractivity contribution in [3.05, 3.63) is 55.8 Å². The fourth-order valence-corrected chi connectivity index (χ4v) is 3.26. The van der Waals surface area contributed by atoms with Crippen LogP contribution in [0.1, 0.15) is 11.7 Å². The second kappa shape index (κ2) is 4.79. The normalized spacial score (nSPS) is 17.6. The van der Waals surface area contributed by atoms with E-state index >= 15 is 0 Å². The van der Waals surface area contributed by atoms with Gasteiger partial charge in [0, 0.05) is 27.6 Å². The third-order valence-corrected chi connectivity index (χ3v) is 4.26. The highest BCUT2D eigenvalue weighted by Gasteiger charge is 2.20. The summed E-state index contributed by atoms with van der Waals surface area (Å²) < 4.78 is 0. The van der Waals surface area contributed by atoms with E-state index in [0.29, 0.717) is 10.7 Å².